The van der Waals surface area contributed by atoms with Crippen molar-refractivity contribution in [2.75, 3.05) is 10.0 Å². The van der Waals surface area contributed by atoms with Gasteiger partial charge in [-0.1, -0.05) is 46.1 Å². The van der Waals surface area contributed by atoms with Crippen LogP contribution in [0.15, 0.2) is 35.2 Å². The van der Waals surface area contributed by atoms with Crippen molar-refractivity contribution >= 4 is 83.1 Å². The molecule has 0 spiro atoms. The first-order chi connectivity index (χ1) is 12.2. The summed E-state index contributed by atoms with van der Waals surface area (Å²) in [4.78, 5) is 15.1. The number of fused-ring (bicyclic) bond motifs is 1. The van der Waals surface area contributed by atoms with Crippen LogP contribution in [0.3, 0.4) is 0 Å². The van der Waals surface area contributed by atoms with Crippen molar-refractivity contribution in [3.05, 3.63) is 45.4 Å². The Kier molecular flexibility index (Phi) is 5.32. The minimum Gasteiger partial charge on any atom is -0.326 e. The Labute approximate surface area is 168 Å². The maximum atomic E-state index is 12.6. The topological polar surface area (TPSA) is 88.2 Å². The lowest BCUT2D eigenvalue weighted by Gasteiger charge is -2.09. The van der Waals surface area contributed by atoms with E-state index in [1.807, 2.05) is 0 Å². The summed E-state index contributed by atoms with van der Waals surface area (Å²) in [5.41, 5.74) is 1.17. The number of carbonyl (C=O) groups is 1. The van der Waals surface area contributed by atoms with Crippen molar-refractivity contribution in [1.82, 2.24) is 4.98 Å². The SMILES string of the molecule is CC(=O)Nc1ccc2nc(NS(=O)(=O)c3c(Cl)cc(Cl)cc3Cl)sc2c1. The van der Waals surface area contributed by atoms with E-state index in [9.17, 15) is 13.2 Å². The number of nitrogens with one attached hydrogen (secondary N) is 2. The second-order valence-electron chi connectivity index (χ2n) is 5.19. The van der Waals surface area contributed by atoms with Gasteiger partial charge in [-0.15, -0.1) is 0 Å². The Morgan fingerprint density at radius 3 is 2.38 bits per heavy atom. The minimum absolute atomic E-state index is 0.0935. The van der Waals surface area contributed by atoms with E-state index in [0.29, 0.717) is 15.9 Å². The number of hydrogen-bond acceptors (Lipinski definition) is 5. The molecule has 0 atom stereocenters. The summed E-state index contributed by atoms with van der Waals surface area (Å²) in [6.07, 6.45) is 0. The fraction of sp³-hybridized carbons (Fsp3) is 0.0667. The van der Waals surface area contributed by atoms with E-state index in [0.717, 1.165) is 11.3 Å². The first kappa shape index (κ1) is 19.2. The summed E-state index contributed by atoms with van der Waals surface area (Å²) in [6.45, 7) is 1.40. The van der Waals surface area contributed by atoms with Crippen molar-refractivity contribution in [2.24, 2.45) is 0 Å². The largest absolute Gasteiger partial charge is 0.326 e. The predicted octanol–water partition coefficient (Wildman–Crippen LogP) is 5.02. The highest BCUT2D eigenvalue weighted by Gasteiger charge is 2.24. The van der Waals surface area contributed by atoms with E-state index < -0.39 is 10.0 Å². The molecule has 3 aromatic rings. The van der Waals surface area contributed by atoms with Crippen LogP contribution in [0.5, 0.6) is 0 Å². The molecule has 0 aliphatic rings. The summed E-state index contributed by atoms with van der Waals surface area (Å²) in [5.74, 6) is -0.207. The number of halogens is 3. The third kappa shape index (κ3) is 4.05. The standard InChI is InChI=1S/C15H10Cl3N3O3S2/c1-7(22)19-9-2-3-12-13(6-9)25-15(20-12)21-26(23,24)14-10(17)4-8(16)5-11(14)18/h2-6H,1H3,(H,19,22)(H,20,21). The molecule has 11 heteroatoms. The molecule has 3 rings (SSSR count). The molecule has 0 radical (unpaired) electrons. The number of hydrogen-bond donors (Lipinski definition) is 2. The lowest BCUT2D eigenvalue weighted by Crippen LogP contribution is -2.14. The van der Waals surface area contributed by atoms with E-state index in [-0.39, 0.29) is 31.0 Å². The van der Waals surface area contributed by atoms with Gasteiger partial charge in [0.15, 0.2) is 5.13 Å². The second kappa shape index (κ2) is 7.21. The number of rotatable bonds is 4. The van der Waals surface area contributed by atoms with Gasteiger partial charge >= 0.3 is 0 Å². The van der Waals surface area contributed by atoms with Crippen molar-refractivity contribution in [3.8, 4) is 0 Å². The van der Waals surface area contributed by atoms with Gasteiger partial charge in [0.2, 0.25) is 5.91 Å². The summed E-state index contributed by atoms with van der Waals surface area (Å²) in [6, 6.07) is 7.64. The molecule has 1 aromatic heterocycles. The normalized spacial score (nSPS) is 11.5. The molecule has 2 N–H and O–H groups in total. The summed E-state index contributed by atoms with van der Waals surface area (Å²) in [7, 11) is -4.06. The van der Waals surface area contributed by atoms with Crippen molar-refractivity contribution in [2.45, 2.75) is 11.8 Å². The minimum atomic E-state index is -4.06. The zero-order valence-corrected chi connectivity index (χ0v) is 16.9. The second-order valence-corrected chi connectivity index (χ2v) is 9.09. The van der Waals surface area contributed by atoms with Crippen LogP contribution in [0.25, 0.3) is 10.2 Å². The molecule has 0 saturated heterocycles. The number of aromatic nitrogens is 1. The van der Waals surface area contributed by atoms with E-state index >= 15 is 0 Å². The Morgan fingerprint density at radius 2 is 1.77 bits per heavy atom. The Bertz CT molecular complexity index is 1110. The number of benzene rings is 2. The van der Waals surface area contributed by atoms with Crippen molar-refractivity contribution in [1.29, 1.82) is 0 Å². The molecule has 0 saturated carbocycles. The monoisotopic (exact) mass is 449 g/mol. The first-order valence-electron chi connectivity index (χ1n) is 7.01. The van der Waals surface area contributed by atoms with E-state index in [4.69, 9.17) is 34.8 Å². The molecule has 0 bridgehead atoms. The Hall–Kier alpha value is -1.58. The number of amides is 1. The maximum Gasteiger partial charge on any atom is 0.266 e. The van der Waals surface area contributed by atoms with Gasteiger partial charge in [-0.3, -0.25) is 9.52 Å². The molecule has 1 heterocycles. The van der Waals surface area contributed by atoms with Crippen LogP contribution in [0, 0.1) is 0 Å². The first-order valence-corrected chi connectivity index (χ1v) is 10.4. The molecule has 0 unspecified atom stereocenters. The van der Waals surface area contributed by atoms with Crippen LogP contribution in [-0.2, 0) is 14.8 Å². The highest BCUT2D eigenvalue weighted by atomic mass is 35.5. The van der Waals surface area contributed by atoms with Gasteiger partial charge in [0.05, 0.1) is 20.3 Å². The van der Waals surface area contributed by atoms with Crippen LogP contribution in [0.2, 0.25) is 15.1 Å². The average molecular weight is 451 g/mol. The van der Waals surface area contributed by atoms with Crippen molar-refractivity contribution < 1.29 is 13.2 Å². The lowest BCUT2D eigenvalue weighted by atomic mass is 10.3. The maximum absolute atomic E-state index is 12.6. The van der Waals surface area contributed by atoms with Gasteiger partial charge < -0.3 is 5.32 Å². The predicted molar refractivity (Wildman–Crippen MR) is 106 cm³/mol. The molecule has 0 aliphatic heterocycles. The van der Waals surface area contributed by atoms with Gasteiger partial charge in [0, 0.05) is 17.6 Å². The number of carbonyl (C=O) groups excluding carboxylic acids is 1. The smallest absolute Gasteiger partial charge is 0.266 e. The fourth-order valence-electron chi connectivity index (χ4n) is 2.20. The zero-order valence-electron chi connectivity index (χ0n) is 13.0. The van der Waals surface area contributed by atoms with E-state index in [1.54, 1.807) is 18.2 Å². The lowest BCUT2D eigenvalue weighted by molar-refractivity contribution is -0.114. The molecule has 2 aromatic carbocycles. The summed E-state index contributed by atoms with van der Waals surface area (Å²) in [5, 5.41) is 2.83. The summed E-state index contributed by atoms with van der Waals surface area (Å²) >= 11 is 18.9. The van der Waals surface area contributed by atoms with Gasteiger partial charge in [0.25, 0.3) is 10.0 Å². The summed E-state index contributed by atoms with van der Waals surface area (Å²) < 4.78 is 28.3. The Morgan fingerprint density at radius 1 is 1.12 bits per heavy atom. The van der Waals surface area contributed by atoms with Crippen LogP contribution < -0.4 is 10.0 Å². The van der Waals surface area contributed by atoms with Crippen molar-refractivity contribution in [3.63, 3.8) is 0 Å². The van der Waals surface area contributed by atoms with E-state index in [2.05, 4.69) is 15.0 Å². The van der Waals surface area contributed by atoms with E-state index in [1.165, 1.54) is 19.1 Å². The van der Waals surface area contributed by atoms with Crippen LogP contribution in [0.4, 0.5) is 10.8 Å². The molecule has 26 heavy (non-hydrogen) atoms. The third-order valence-corrected chi connectivity index (χ3v) is 6.70. The number of anilines is 2. The van der Waals surface area contributed by atoms with Crippen LogP contribution in [-0.4, -0.2) is 19.3 Å². The van der Waals surface area contributed by atoms with Gasteiger partial charge in [-0.25, -0.2) is 13.4 Å². The number of thiazole rings is 1. The number of nitrogens with zero attached hydrogens (tertiary/aromatic N) is 1. The quantitative estimate of drug-likeness (QED) is 0.584. The molecule has 0 fully saturated rings. The molecule has 136 valence electrons. The molecule has 0 aliphatic carbocycles. The van der Waals surface area contributed by atoms with Crippen LogP contribution >= 0.6 is 46.1 Å². The highest BCUT2D eigenvalue weighted by Crippen LogP contribution is 2.35. The van der Waals surface area contributed by atoms with Gasteiger partial charge in [-0.05, 0) is 30.3 Å². The highest BCUT2D eigenvalue weighted by molar-refractivity contribution is 7.93. The number of sulfonamides is 1. The average Bonchev–Trinajstić information content (AvgIpc) is 2.85. The van der Waals surface area contributed by atoms with Gasteiger partial charge in [0.1, 0.15) is 4.90 Å². The van der Waals surface area contributed by atoms with Gasteiger partial charge in [-0.2, -0.15) is 0 Å². The Balaban J connectivity index is 1.96. The molecular weight excluding hydrogens is 441 g/mol. The molecule has 1 amide bonds. The fourth-order valence-corrected chi connectivity index (χ4v) is 5.89. The third-order valence-electron chi connectivity index (χ3n) is 3.16. The van der Waals surface area contributed by atoms with Crippen LogP contribution in [0.1, 0.15) is 6.92 Å². The zero-order chi connectivity index (χ0) is 19.1. The molecular formula is C15H10Cl3N3O3S2. The molecule has 6 nitrogen and oxygen atoms in total.